The molecule has 0 fully saturated rings. The summed E-state index contributed by atoms with van der Waals surface area (Å²) in [7, 11) is 0. The van der Waals surface area contributed by atoms with Gasteiger partial charge in [-0.3, -0.25) is 0 Å². The fraction of sp³-hybridized carbons (Fsp3) is 0.400. The molecule has 0 saturated heterocycles. The quantitative estimate of drug-likeness (QED) is 0.641. The standard InChI is InChI=1S/C10H12N4/c11-6-1-2-7-8-4-12-5-13-10(8)14-9(7)3-6/h4-6H,1-3,11H2,(H,12,13,14). The van der Waals surface area contributed by atoms with Gasteiger partial charge in [-0.2, -0.15) is 0 Å². The van der Waals surface area contributed by atoms with Crippen LogP contribution in [0.25, 0.3) is 11.0 Å². The third kappa shape index (κ3) is 1.04. The molecular weight excluding hydrogens is 176 g/mol. The highest BCUT2D eigenvalue weighted by Crippen LogP contribution is 2.26. The molecule has 1 atom stereocenters. The normalized spacial score (nSPS) is 21.1. The minimum absolute atomic E-state index is 0.295. The van der Waals surface area contributed by atoms with Crippen LogP contribution in [-0.4, -0.2) is 21.0 Å². The summed E-state index contributed by atoms with van der Waals surface area (Å²) in [6.07, 6.45) is 6.50. The zero-order chi connectivity index (χ0) is 9.54. The number of aromatic amines is 1. The summed E-state index contributed by atoms with van der Waals surface area (Å²) in [5, 5.41) is 1.16. The number of nitrogens with one attached hydrogen (secondary N) is 1. The van der Waals surface area contributed by atoms with E-state index in [9.17, 15) is 0 Å². The third-order valence-electron chi connectivity index (χ3n) is 2.90. The molecule has 1 aliphatic carbocycles. The largest absolute Gasteiger partial charge is 0.343 e. The van der Waals surface area contributed by atoms with Gasteiger partial charge < -0.3 is 10.7 Å². The van der Waals surface area contributed by atoms with Crippen LogP contribution in [0.1, 0.15) is 17.7 Å². The Bertz CT molecular complexity index is 474. The second-order valence-electron chi connectivity index (χ2n) is 3.87. The highest BCUT2D eigenvalue weighted by Gasteiger charge is 2.20. The lowest BCUT2D eigenvalue weighted by Crippen LogP contribution is -2.27. The van der Waals surface area contributed by atoms with Crippen molar-refractivity contribution >= 4 is 11.0 Å². The zero-order valence-corrected chi connectivity index (χ0v) is 7.83. The molecule has 0 spiro atoms. The molecule has 2 heterocycles. The molecule has 2 aromatic heterocycles. The number of hydrogen-bond donors (Lipinski definition) is 2. The molecule has 4 nitrogen and oxygen atoms in total. The summed E-state index contributed by atoms with van der Waals surface area (Å²) < 4.78 is 0. The van der Waals surface area contributed by atoms with Crippen LogP contribution in [0.15, 0.2) is 12.5 Å². The molecule has 14 heavy (non-hydrogen) atoms. The van der Waals surface area contributed by atoms with Crippen molar-refractivity contribution in [2.24, 2.45) is 5.73 Å². The first-order chi connectivity index (χ1) is 6.84. The molecular formula is C10H12N4. The van der Waals surface area contributed by atoms with Crippen molar-refractivity contribution in [1.29, 1.82) is 0 Å². The van der Waals surface area contributed by atoms with E-state index in [0.717, 1.165) is 30.3 Å². The Morgan fingerprint density at radius 3 is 3.36 bits per heavy atom. The lowest BCUT2D eigenvalue weighted by molar-refractivity contribution is 0.572. The van der Waals surface area contributed by atoms with Crippen LogP contribution in [0.2, 0.25) is 0 Å². The Labute approximate surface area is 81.6 Å². The van der Waals surface area contributed by atoms with Crippen molar-refractivity contribution in [1.82, 2.24) is 15.0 Å². The molecule has 0 bridgehead atoms. The maximum absolute atomic E-state index is 5.92. The van der Waals surface area contributed by atoms with Crippen LogP contribution in [0.3, 0.4) is 0 Å². The second kappa shape index (κ2) is 2.78. The number of aromatic nitrogens is 3. The van der Waals surface area contributed by atoms with Crippen molar-refractivity contribution in [3.8, 4) is 0 Å². The molecule has 2 aromatic rings. The van der Waals surface area contributed by atoms with Gasteiger partial charge in [-0.1, -0.05) is 0 Å². The predicted octanol–water partition coefficient (Wildman–Crippen LogP) is 0.774. The number of rotatable bonds is 0. The molecule has 0 radical (unpaired) electrons. The molecule has 3 rings (SSSR count). The summed E-state index contributed by atoms with van der Waals surface area (Å²) in [5.41, 5.74) is 9.47. The number of aryl methyl sites for hydroxylation is 1. The van der Waals surface area contributed by atoms with Gasteiger partial charge in [0.2, 0.25) is 0 Å². The minimum atomic E-state index is 0.295. The highest BCUT2D eigenvalue weighted by atomic mass is 14.9. The summed E-state index contributed by atoms with van der Waals surface area (Å²) >= 11 is 0. The summed E-state index contributed by atoms with van der Waals surface area (Å²) in [6, 6.07) is 0.295. The fourth-order valence-electron chi connectivity index (χ4n) is 2.18. The average molecular weight is 188 g/mol. The molecule has 1 aliphatic rings. The first-order valence-electron chi connectivity index (χ1n) is 4.89. The van der Waals surface area contributed by atoms with E-state index >= 15 is 0 Å². The van der Waals surface area contributed by atoms with E-state index in [2.05, 4.69) is 15.0 Å². The molecule has 3 N–H and O–H groups in total. The smallest absolute Gasteiger partial charge is 0.141 e. The van der Waals surface area contributed by atoms with Crippen molar-refractivity contribution < 1.29 is 0 Å². The van der Waals surface area contributed by atoms with Gasteiger partial charge in [0.1, 0.15) is 12.0 Å². The summed E-state index contributed by atoms with van der Waals surface area (Å²) in [4.78, 5) is 11.6. The minimum Gasteiger partial charge on any atom is -0.343 e. The number of nitrogens with two attached hydrogens (primary N) is 1. The second-order valence-corrected chi connectivity index (χ2v) is 3.87. The van der Waals surface area contributed by atoms with Gasteiger partial charge in [0.25, 0.3) is 0 Å². The maximum atomic E-state index is 5.92. The Balaban J connectivity index is 2.24. The van der Waals surface area contributed by atoms with E-state index in [1.54, 1.807) is 6.33 Å². The Morgan fingerprint density at radius 1 is 1.50 bits per heavy atom. The van der Waals surface area contributed by atoms with E-state index < -0.39 is 0 Å². The van der Waals surface area contributed by atoms with Crippen molar-refractivity contribution in [2.45, 2.75) is 25.3 Å². The first kappa shape index (κ1) is 7.94. The molecule has 1 unspecified atom stereocenters. The average Bonchev–Trinajstić information content (AvgIpc) is 2.54. The van der Waals surface area contributed by atoms with Gasteiger partial charge in [0.05, 0.1) is 0 Å². The summed E-state index contributed by atoms with van der Waals surface area (Å²) in [5.74, 6) is 0. The molecule has 0 aliphatic heterocycles. The van der Waals surface area contributed by atoms with Gasteiger partial charge in [-0.25, -0.2) is 9.97 Å². The maximum Gasteiger partial charge on any atom is 0.141 e. The topological polar surface area (TPSA) is 67.6 Å². The fourth-order valence-corrected chi connectivity index (χ4v) is 2.18. The van der Waals surface area contributed by atoms with Crippen LogP contribution >= 0.6 is 0 Å². The van der Waals surface area contributed by atoms with E-state index in [-0.39, 0.29) is 0 Å². The first-order valence-corrected chi connectivity index (χ1v) is 4.89. The van der Waals surface area contributed by atoms with Crippen LogP contribution in [0, 0.1) is 0 Å². The van der Waals surface area contributed by atoms with Gasteiger partial charge in [0, 0.05) is 29.7 Å². The Morgan fingerprint density at radius 2 is 2.43 bits per heavy atom. The number of fused-ring (bicyclic) bond motifs is 3. The van der Waals surface area contributed by atoms with Gasteiger partial charge in [0.15, 0.2) is 0 Å². The molecule has 0 amide bonds. The lowest BCUT2D eigenvalue weighted by atomic mass is 9.93. The number of hydrogen-bond acceptors (Lipinski definition) is 3. The van der Waals surface area contributed by atoms with E-state index in [4.69, 9.17) is 5.73 Å². The van der Waals surface area contributed by atoms with E-state index in [0.29, 0.717) is 6.04 Å². The molecule has 4 heteroatoms. The van der Waals surface area contributed by atoms with E-state index in [1.807, 2.05) is 6.20 Å². The lowest BCUT2D eigenvalue weighted by Gasteiger charge is -2.17. The SMILES string of the molecule is NC1CCc2c([nH]c3ncncc23)C1. The van der Waals surface area contributed by atoms with Crippen LogP contribution in [0.4, 0.5) is 0 Å². The van der Waals surface area contributed by atoms with Gasteiger partial charge in [-0.05, 0) is 18.4 Å². The zero-order valence-electron chi connectivity index (χ0n) is 7.83. The predicted molar refractivity (Wildman–Crippen MR) is 53.9 cm³/mol. The van der Waals surface area contributed by atoms with Crippen molar-refractivity contribution in [3.05, 3.63) is 23.8 Å². The van der Waals surface area contributed by atoms with Crippen molar-refractivity contribution in [2.75, 3.05) is 0 Å². The number of nitrogens with zero attached hydrogens (tertiary/aromatic N) is 2. The molecule has 72 valence electrons. The Kier molecular flexibility index (Phi) is 1.58. The van der Waals surface area contributed by atoms with E-state index in [1.165, 1.54) is 11.3 Å². The van der Waals surface area contributed by atoms with Crippen LogP contribution in [-0.2, 0) is 12.8 Å². The monoisotopic (exact) mass is 188 g/mol. The van der Waals surface area contributed by atoms with Gasteiger partial charge >= 0.3 is 0 Å². The Hall–Kier alpha value is -1.42. The summed E-state index contributed by atoms with van der Waals surface area (Å²) in [6.45, 7) is 0. The molecule has 0 aromatic carbocycles. The highest BCUT2D eigenvalue weighted by molar-refractivity contribution is 5.80. The van der Waals surface area contributed by atoms with Gasteiger partial charge in [-0.15, -0.1) is 0 Å². The molecule has 0 saturated carbocycles. The third-order valence-corrected chi connectivity index (χ3v) is 2.90. The van der Waals surface area contributed by atoms with Crippen molar-refractivity contribution in [3.63, 3.8) is 0 Å². The number of H-pyrrole nitrogens is 1. The van der Waals surface area contributed by atoms with Crippen LogP contribution in [0.5, 0.6) is 0 Å². The van der Waals surface area contributed by atoms with Crippen LogP contribution < -0.4 is 5.73 Å².